The first-order valence-corrected chi connectivity index (χ1v) is 9.48. The van der Waals surface area contributed by atoms with Crippen LogP contribution >= 0.6 is 0 Å². The number of hydrogen-bond acceptors (Lipinski definition) is 7. The second kappa shape index (κ2) is 8.10. The quantitative estimate of drug-likeness (QED) is 0.230. The van der Waals surface area contributed by atoms with Crippen molar-refractivity contribution in [3.63, 3.8) is 0 Å². The molecule has 0 N–H and O–H groups in total. The molecule has 0 aliphatic carbocycles. The number of benzene rings is 2. The predicted octanol–water partition coefficient (Wildman–Crippen LogP) is 2.93. The predicted molar refractivity (Wildman–Crippen MR) is 109 cm³/mol. The number of fused-ring (bicyclic) bond motifs is 1. The van der Waals surface area contributed by atoms with Crippen LogP contribution in [0.1, 0.15) is 54.7 Å². The van der Waals surface area contributed by atoms with E-state index < -0.39 is 46.8 Å². The van der Waals surface area contributed by atoms with Crippen LogP contribution in [0.3, 0.4) is 0 Å². The highest BCUT2D eigenvalue weighted by Gasteiger charge is 2.42. The third-order valence-corrected chi connectivity index (χ3v) is 5.24. The molecule has 2 amide bonds. The normalized spacial score (nSPS) is 13.7. The summed E-state index contributed by atoms with van der Waals surface area (Å²) in [5, 5.41) is 11.2. The van der Waals surface area contributed by atoms with E-state index in [9.17, 15) is 29.3 Å². The zero-order valence-corrected chi connectivity index (χ0v) is 17.4. The van der Waals surface area contributed by atoms with Crippen LogP contribution in [-0.2, 0) is 9.53 Å². The van der Waals surface area contributed by atoms with E-state index in [1.165, 1.54) is 19.1 Å². The minimum Gasteiger partial charge on any atom is -0.453 e. The number of amides is 2. The van der Waals surface area contributed by atoms with Gasteiger partial charge < -0.3 is 4.74 Å². The number of rotatable bonds is 6. The average Bonchev–Trinajstić information content (AvgIpc) is 2.95. The number of hydrogen-bond donors (Lipinski definition) is 0. The van der Waals surface area contributed by atoms with Crippen LogP contribution in [0.5, 0.6) is 0 Å². The molecular weight excluding hydrogens is 404 g/mol. The highest BCUT2D eigenvalue weighted by atomic mass is 16.6. The van der Waals surface area contributed by atoms with E-state index in [0.717, 1.165) is 22.8 Å². The molecule has 1 aliphatic rings. The Morgan fingerprint density at radius 2 is 1.71 bits per heavy atom. The molecular formula is C22H20N2O7. The van der Waals surface area contributed by atoms with Crippen molar-refractivity contribution >= 4 is 29.3 Å². The number of carbonyl (C=O) groups excluding carboxylic acids is 4. The lowest BCUT2D eigenvalue weighted by Gasteiger charge is -2.17. The Morgan fingerprint density at radius 1 is 1.06 bits per heavy atom. The SMILES string of the molecule is Cc1cc(C)c(C(=O)C(C)OC(=O)CN2C(=O)c3cccc([N+](=O)[O-])c3C2=O)cc1C. The van der Waals surface area contributed by atoms with Crippen molar-refractivity contribution in [2.75, 3.05) is 6.54 Å². The first kappa shape index (κ1) is 21.8. The molecule has 31 heavy (non-hydrogen) atoms. The highest BCUT2D eigenvalue weighted by Crippen LogP contribution is 2.30. The average molecular weight is 424 g/mol. The van der Waals surface area contributed by atoms with Crippen molar-refractivity contribution in [2.24, 2.45) is 0 Å². The number of esters is 1. The first-order chi connectivity index (χ1) is 14.5. The summed E-state index contributed by atoms with van der Waals surface area (Å²) in [4.78, 5) is 61.1. The van der Waals surface area contributed by atoms with Gasteiger partial charge in [-0.05, 0) is 56.5 Å². The summed E-state index contributed by atoms with van der Waals surface area (Å²) in [6, 6.07) is 7.26. The monoisotopic (exact) mass is 424 g/mol. The zero-order chi connectivity index (χ0) is 23.0. The summed E-state index contributed by atoms with van der Waals surface area (Å²) in [5.41, 5.74) is 2.07. The Balaban J connectivity index is 1.74. The Kier molecular flexibility index (Phi) is 5.70. The van der Waals surface area contributed by atoms with Gasteiger partial charge in [-0.15, -0.1) is 0 Å². The number of Topliss-reactive ketones (excluding diaryl/α,β-unsaturated/α-hetero) is 1. The number of nitro benzene ring substituents is 1. The van der Waals surface area contributed by atoms with Crippen LogP contribution in [0, 0.1) is 30.9 Å². The van der Waals surface area contributed by atoms with Crippen molar-refractivity contribution in [3.8, 4) is 0 Å². The smallest absolute Gasteiger partial charge is 0.326 e. The van der Waals surface area contributed by atoms with Crippen LogP contribution in [0.25, 0.3) is 0 Å². The van der Waals surface area contributed by atoms with Crippen molar-refractivity contribution in [2.45, 2.75) is 33.8 Å². The zero-order valence-electron chi connectivity index (χ0n) is 17.4. The lowest BCUT2D eigenvalue weighted by molar-refractivity contribution is -0.385. The van der Waals surface area contributed by atoms with Crippen LogP contribution in [0.4, 0.5) is 5.69 Å². The van der Waals surface area contributed by atoms with E-state index in [0.29, 0.717) is 10.5 Å². The van der Waals surface area contributed by atoms with Crippen molar-refractivity contribution < 1.29 is 28.8 Å². The molecule has 3 rings (SSSR count). The number of aryl methyl sites for hydroxylation is 3. The first-order valence-electron chi connectivity index (χ1n) is 9.48. The fourth-order valence-electron chi connectivity index (χ4n) is 3.47. The molecule has 9 nitrogen and oxygen atoms in total. The standard InChI is InChI=1S/C22H20N2O7/c1-11-8-13(3)16(9-12(11)2)20(26)14(4)31-18(25)10-23-21(27)15-6-5-7-17(24(29)30)19(15)22(23)28/h5-9,14H,10H2,1-4H3. The third kappa shape index (κ3) is 3.94. The van der Waals surface area contributed by atoms with Gasteiger partial charge in [0.1, 0.15) is 12.1 Å². The van der Waals surface area contributed by atoms with Gasteiger partial charge in [0, 0.05) is 11.6 Å². The minimum atomic E-state index is -1.14. The summed E-state index contributed by atoms with van der Waals surface area (Å²) in [7, 11) is 0. The van der Waals surface area contributed by atoms with Gasteiger partial charge >= 0.3 is 5.97 Å². The Hall–Kier alpha value is -3.88. The number of imide groups is 1. The maximum Gasteiger partial charge on any atom is 0.326 e. The van der Waals surface area contributed by atoms with Gasteiger partial charge in [0.05, 0.1) is 10.5 Å². The lowest BCUT2D eigenvalue weighted by atomic mass is 9.96. The second-order valence-corrected chi connectivity index (χ2v) is 7.40. The van der Waals surface area contributed by atoms with Crippen molar-refractivity contribution in [1.29, 1.82) is 0 Å². The molecule has 0 spiro atoms. The summed E-state index contributed by atoms with van der Waals surface area (Å²) >= 11 is 0. The molecule has 0 bridgehead atoms. The number of ether oxygens (including phenoxy) is 1. The van der Waals surface area contributed by atoms with Gasteiger partial charge in [0.15, 0.2) is 6.10 Å². The Bertz CT molecular complexity index is 1150. The summed E-state index contributed by atoms with van der Waals surface area (Å²) in [5.74, 6) is -3.16. The van der Waals surface area contributed by atoms with Crippen LogP contribution in [-0.4, -0.2) is 46.0 Å². The summed E-state index contributed by atoms with van der Waals surface area (Å²) in [6.07, 6.45) is -1.14. The Morgan fingerprint density at radius 3 is 2.35 bits per heavy atom. The van der Waals surface area contributed by atoms with Gasteiger partial charge in [-0.25, -0.2) is 0 Å². The van der Waals surface area contributed by atoms with Gasteiger partial charge in [-0.2, -0.15) is 0 Å². The van der Waals surface area contributed by atoms with E-state index in [-0.39, 0.29) is 11.1 Å². The maximum absolute atomic E-state index is 12.7. The molecule has 0 fully saturated rings. The molecule has 0 radical (unpaired) electrons. The number of nitrogens with zero attached hydrogens (tertiary/aromatic N) is 2. The van der Waals surface area contributed by atoms with Gasteiger partial charge in [-0.1, -0.05) is 12.1 Å². The third-order valence-electron chi connectivity index (χ3n) is 5.24. The molecule has 1 aliphatic heterocycles. The maximum atomic E-state index is 12.7. The number of nitro groups is 1. The summed E-state index contributed by atoms with van der Waals surface area (Å²) < 4.78 is 5.16. The van der Waals surface area contributed by atoms with E-state index in [1.54, 1.807) is 13.0 Å². The number of carbonyl (C=O) groups is 4. The molecule has 0 saturated carbocycles. The molecule has 2 aromatic rings. The fourth-order valence-corrected chi connectivity index (χ4v) is 3.47. The van der Waals surface area contributed by atoms with E-state index in [4.69, 9.17) is 4.74 Å². The largest absolute Gasteiger partial charge is 0.453 e. The van der Waals surface area contributed by atoms with E-state index >= 15 is 0 Å². The molecule has 1 heterocycles. The number of ketones is 1. The molecule has 1 unspecified atom stereocenters. The fraction of sp³-hybridized carbons (Fsp3) is 0.273. The molecule has 0 saturated heterocycles. The minimum absolute atomic E-state index is 0.151. The highest BCUT2D eigenvalue weighted by molar-refractivity contribution is 6.24. The molecule has 2 aromatic carbocycles. The molecule has 1 atom stereocenters. The van der Waals surface area contributed by atoms with Crippen molar-refractivity contribution in [3.05, 3.63) is 73.8 Å². The lowest BCUT2D eigenvalue weighted by Crippen LogP contribution is -2.37. The molecule has 0 aromatic heterocycles. The van der Waals surface area contributed by atoms with E-state index in [2.05, 4.69) is 0 Å². The van der Waals surface area contributed by atoms with Gasteiger partial charge in [-0.3, -0.25) is 34.2 Å². The molecule has 9 heteroatoms. The second-order valence-electron chi connectivity index (χ2n) is 7.40. The van der Waals surface area contributed by atoms with Gasteiger partial charge in [0.2, 0.25) is 5.78 Å². The summed E-state index contributed by atoms with van der Waals surface area (Å²) in [6.45, 7) is 6.21. The van der Waals surface area contributed by atoms with E-state index in [1.807, 2.05) is 19.9 Å². The van der Waals surface area contributed by atoms with Gasteiger partial charge in [0.25, 0.3) is 17.5 Å². The topological polar surface area (TPSA) is 124 Å². The Labute approximate surface area is 177 Å². The van der Waals surface area contributed by atoms with Crippen LogP contribution in [0.2, 0.25) is 0 Å². The van der Waals surface area contributed by atoms with Crippen LogP contribution < -0.4 is 0 Å². The van der Waals surface area contributed by atoms with Crippen LogP contribution in [0.15, 0.2) is 30.3 Å². The molecule has 160 valence electrons. The van der Waals surface area contributed by atoms with Crippen molar-refractivity contribution in [1.82, 2.24) is 4.90 Å².